The van der Waals surface area contributed by atoms with Crippen LogP contribution in [0.5, 0.6) is 11.5 Å². The van der Waals surface area contributed by atoms with Gasteiger partial charge in [-0.05, 0) is 42.3 Å². The highest BCUT2D eigenvalue weighted by Gasteiger charge is 2.13. The molecule has 0 aliphatic carbocycles. The quantitative estimate of drug-likeness (QED) is 0.670. The number of unbranched alkanes of at least 4 members (excludes halogenated alkanes) is 1. The van der Waals surface area contributed by atoms with Crippen LogP contribution in [0, 0.1) is 0 Å². The minimum Gasteiger partial charge on any atom is -0.497 e. The second-order valence-corrected chi connectivity index (χ2v) is 6.29. The summed E-state index contributed by atoms with van der Waals surface area (Å²) >= 11 is 3.41. The molecule has 0 spiro atoms. The molecule has 24 heavy (non-hydrogen) atoms. The smallest absolute Gasteiger partial charge is 0.255 e. The minimum atomic E-state index is -0.154. The Morgan fingerprint density at radius 1 is 1.17 bits per heavy atom. The molecule has 0 heterocycles. The maximum Gasteiger partial charge on any atom is 0.255 e. The molecule has 4 nitrogen and oxygen atoms in total. The van der Waals surface area contributed by atoms with E-state index in [0.29, 0.717) is 24.5 Å². The maximum absolute atomic E-state index is 12.5. The van der Waals surface area contributed by atoms with E-state index in [0.717, 1.165) is 28.6 Å². The molecule has 0 unspecified atom stereocenters. The predicted octanol–water partition coefficient (Wildman–Crippen LogP) is 4.57. The monoisotopic (exact) mass is 391 g/mol. The average molecular weight is 392 g/mol. The predicted molar refractivity (Wildman–Crippen MR) is 98.7 cm³/mol. The van der Waals surface area contributed by atoms with Crippen LogP contribution in [0.15, 0.2) is 46.9 Å². The number of amides is 1. The third-order valence-electron chi connectivity index (χ3n) is 3.55. The van der Waals surface area contributed by atoms with Crippen LogP contribution in [0.1, 0.15) is 35.7 Å². The lowest BCUT2D eigenvalue weighted by molar-refractivity contribution is 0.0946. The summed E-state index contributed by atoms with van der Waals surface area (Å²) < 4.78 is 11.7. The number of hydrogen-bond donors (Lipinski definition) is 1. The third-order valence-corrected chi connectivity index (χ3v) is 4.05. The van der Waals surface area contributed by atoms with Crippen LogP contribution in [0.2, 0.25) is 0 Å². The molecule has 1 N–H and O–H groups in total. The number of ether oxygens (including phenoxy) is 2. The highest BCUT2D eigenvalue weighted by molar-refractivity contribution is 9.10. The number of carbonyl (C=O) groups excluding carboxylic acids is 1. The van der Waals surface area contributed by atoms with Crippen molar-refractivity contribution >= 4 is 21.8 Å². The van der Waals surface area contributed by atoms with Gasteiger partial charge in [0.1, 0.15) is 11.5 Å². The molecule has 2 rings (SSSR count). The first-order chi connectivity index (χ1) is 11.6. The van der Waals surface area contributed by atoms with Crippen molar-refractivity contribution in [2.75, 3.05) is 13.7 Å². The third kappa shape index (κ3) is 5.27. The molecule has 0 fully saturated rings. The van der Waals surface area contributed by atoms with E-state index in [2.05, 4.69) is 28.2 Å². The lowest BCUT2D eigenvalue weighted by Crippen LogP contribution is -2.23. The van der Waals surface area contributed by atoms with E-state index in [4.69, 9.17) is 9.47 Å². The van der Waals surface area contributed by atoms with Gasteiger partial charge in [0, 0.05) is 11.0 Å². The Morgan fingerprint density at radius 3 is 2.58 bits per heavy atom. The fourth-order valence-corrected chi connectivity index (χ4v) is 2.51. The molecule has 0 saturated heterocycles. The van der Waals surface area contributed by atoms with Crippen molar-refractivity contribution < 1.29 is 14.3 Å². The summed E-state index contributed by atoms with van der Waals surface area (Å²) in [6.07, 6.45) is 2.01. The Balaban J connectivity index is 2.03. The van der Waals surface area contributed by atoms with Crippen LogP contribution < -0.4 is 14.8 Å². The van der Waals surface area contributed by atoms with Gasteiger partial charge in [-0.3, -0.25) is 4.79 Å². The van der Waals surface area contributed by atoms with Gasteiger partial charge in [0.05, 0.1) is 19.3 Å². The number of nitrogens with one attached hydrogen (secondary N) is 1. The fourth-order valence-electron chi connectivity index (χ4n) is 2.15. The molecule has 0 saturated carbocycles. The van der Waals surface area contributed by atoms with E-state index in [9.17, 15) is 4.79 Å². The Kier molecular flexibility index (Phi) is 7.12. The van der Waals surface area contributed by atoms with Gasteiger partial charge < -0.3 is 14.8 Å². The van der Waals surface area contributed by atoms with Gasteiger partial charge >= 0.3 is 0 Å². The molecule has 0 atom stereocenters. The number of halogens is 1. The van der Waals surface area contributed by atoms with Gasteiger partial charge in [0.15, 0.2) is 0 Å². The molecule has 128 valence electrons. The van der Waals surface area contributed by atoms with Gasteiger partial charge in [-0.2, -0.15) is 0 Å². The number of methoxy groups -OCH3 is 1. The molecular formula is C19H22BrNO3. The molecule has 0 bridgehead atoms. The lowest BCUT2D eigenvalue weighted by Gasteiger charge is -2.12. The molecule has 2 aromatic carbocycles. The van der Waals surface area contributed by atoms with Crippen molar-refractivity contribution in [3.05, 3.63) is 58.1 Å². The normalized spacial score (nSPS) is 10.3. The van der Waals surface area contributed by atoms with Crippen molar-refractivity contribution in [1.29, 1.82) is 0 Å². The molecule has 0 aromatic heterocycles. The van der Waals surface area contributed by atoms with Crippen LogP contribution in [0.4, 0.5) is 0 Å². The summed E-state index contributed by atoms with van der Waals surface area (Å²) in [7, 11) is 1.63. The summed E-state index contributed by atoms with van der Waals surface area (Å²) in [5.41, 5.74) is 1.54. The Hall–Kier alpha value is -2.01. The topological polar surface area (TPSA) is 47.6 Å². The van der Waals surface area contributed by atoms with Crippen molar-refractivity contribution in [1.82, 2.24) is 5.32 Å². The van der Waals surface area contributed by atoms with Crippen LogP contribution in [-0.4, -0.2) is 19.6 Å². The second-order valence-electron chi connectivity index (χ2n) is 5.37. The Morgan fingerprint density at radius 2 is 1.92 bits per heavy atom. The molecule has 0 aliphatic rings. The summed E-state index contributed by atoms with van der Waals surface area (Å²) in [5, 5.41) is 2.93. The van der Waals surface area contributed by atoms with E-state index < -0.39 is 0 Å². The first-order valence-corrected chi connectivity index (χ1v) is 8.76. The van der Waals surface area contributed by atoms with Crippen LogP contribution in [-0.2, 0) is 6.54 Å². The number of benzene rings is 2. The highest BCUT2D eigenvalue weighted by atomic mass is 79.9. The second kappa shape index (κ2) is 9.33. The van der Waals surface area contributed by atoms with Gasteiger partial charge in [0.2, 0.25) is 0 Å². The van der Waals surface area contributed by atoms with Crippen LogP contribution in [0.25, 0.3) is 0 Å². The van der Waals surface area contributed by atoms with E-state index >= 15 is 0 Å². The van der Waals surface area contributed by atoms with E-state index in [-0.39, 0.29) is 5.91 Å². The fraction of sp³-hybridized carbons (Fsp3) is 0.316. The van der Waals surface area contributed by atoms with Crippen molar-refractivity contribution in [3.63, 3.8) is 0 Å². The SMILES string of the molecule is CCCCOc1ccc(Br)cc1C(=O)NCc1ccc(OC)cc1. The number of rotatable bonds is 8. The number of hydrogen-bond acceptors (Lipinski definition) is 3. The standard InChI is InChI=1S/C19H22BrNO3/c1-3-4-11-24-18-10-7-15(20)12-17(18)19(22)21-13-14-5-8-16(23-2)9-6-14/h5-10,12H,3-4,11,13H2,1-2H3,(H,21,22). The lowest BCUT2D eigenvalue weighted by atomic mass is 10.1. The zero-order valence-electron chi connectivity index (χ0n) is 14.0. The molecule has 0 radical (unpaired) electrons. The minimum absolute atomic E-state index is 0.154. The molecule has 2 aromatic rings. The largest absolute Gasteiger partial charge is 0.497 e. The van der Waals surface area contributed by atoms with E-state index in [1.54, 1.807) is 13.2 Å². The van der Waals surface area contributed by atoms with Gasteiger partial charge in [-0.1, -0.05) is 41.4 Å². The highest BCUT2D eigenvalue weighted by Crippen LogP contribution is 2.23. The van der Waals surface area contributed by atoms with Crippen molar-refractivity contribution in [2.24, 2.45) is 0 Å². The summed E-state index contributed by atoms with van der Waals surface area (Å²) in [5.74, 6) is 1.25. The van der Waals surface area contributed by atoms with Gasteiger partial charge in [-0.15, -0.1) is 0 Å². The first kappa shape index (κ1) is 18.3. The maximum atomic E-state index is 12.5. The zero-order valence-corrected chi connectivity index (χ0v) is 15.6. The Bertz CT molecular complexity index is 671. The first-order valence-electron chi connectivity index (χ1n) is 7.97. The van der Waals surface area contributed by atoms with E-state index in [1.807, 2.05) is 36.4 Å². The van der Waals surface area contributed by atoms with Crippen LogP contribution in [0.3, 0.4) is 0 Å². The molecule has 5 heteroatoms. The summed E-state index contributed by atoms with van der Waals surface area (Å²) in [6.45, 7) is 3.16. The van der Waals surface area contributed by atoms with E-state index in [1.165, 1.54) is 0 Å². The van der Waals surface area contributed by atoms with Gasteiger partial charge in [-0.25, -0.2) is 0 Å². The number of carbonyl (C=O) groups is 1. The molecule has 0 aliphatic heterocycles. The summed E-state index contributed by atoms with van der Waals surface area (Å²) in [4.78, 5) is 12.5. The molecular weight excluding hydrogens is 370 g/mol. The van der Waals surface area contributed by atoms with Crippen molar-refractivity contribution in [2.45, 2.75) is 26.3 Å². The molecule has 1 amide bonds. The van der Waals surface area contributed by atoms with Gasteiger partial charge in [0.25, 0.3) is 5.91 Å². The van der Waals surface area contributed by atoms with Crippen molar-refractivity contribution in [3.8, 4) is 11.5 Å². The average Bonchev–Trinajstić information content (AvgIpc) is 2.61. The zero-order chi connectivity index (χ0) is 17.4. The Labute approximate surface area is 151 Å². The summed E-state index contributed by atoms with van der Waals surface area (Å²) in [6, 6.07) is 13.1. The van der Waals surface area contributed by atoms with Crippen LogP contribution >= 0.6 is 15.9 Å².